The van der Waals surface area contributed by atoms with E-state index in [2.05, 4.69) is 20.8 Å². The molecular formula is C25H34O5. The van der Waals surface area contributed by atoms with E-state index in [0.717, 1.165) is 5.57 Å². The van der Waals surface area contributed by atoms with Crippen LogP contribution in [0.3, 0.4) is 0 Å². The standard InChI is InChI=1S/C25H34O5/c1-9-13(3)22(27)29-17-12-18(30-23(28)14(4)10-2)25(8)19-15(5)11-16(26)20(25)21(19)24(17,6)7/h9-11,17-21H,12H2,1-8H3/b13-9+,14-10-/t17-,18-,19+,20-,21+,25-/m1/s1. The molecule has 0 amide bonds. The van der Waals surface area contributed by atoms with Gasteiger partial charge in [-0.15, -0.1) is 0 Å². The summed E-state index contributed by atoms with van der Waals surface area (Å²) in [6.45, 7) is 15.3. The summed E-state index contributed by atoms with van der Waals surface area (Å²) < 4.78 is 12.0. The molecule has 0 saturated heterocycles. The van der Waals surface area contributed by atoms with E-state index >= 15 is 0 Å². The van der Waals surface area contributed by atoms with Gasteiger partial charge in [0.2, 0.25) is 0 Å². The third-order valence-electron chi connectivity index (χ3n) is 8.04. The van der Waals surface area contributed by atoms with Crippen LogP contribution in [-0.2, 0) is 23.9 Å². The van der Waals surface area contributed by atoms with E-state index in [1.54, 1.807) is 45.9 Å². The zero-order valence-electron chi connectivity index (χ0n) is 19.4. The van der Waals surface area contributed by atoms with Crippen molar-refractivity contribution in [2.75, 3.05) is 0 Å². The monoisotopic (exact) mass is 414 g/mol. The van der Waals surface area contributed by atoms with Crippen LogP contribution in [0.25, 0.3) is 0 Å². The molecule has 0 N–H and O–H groups in total. The number of esters is 2. The Bertz CT molecular complexity index is 874. The summed E-state index contributed by atoms with van der Waals surface area (Å²) >= 11 is 0. The van der Waals surface area contributed by atoms with E-state index in [-0.39, 0.29) is 35.5 Å². The van der Waals surface area contributed by atoms with Gasteiger partial charge in [0, 0.05) is 34.3 Å². The van der Waals surface area contributed by atoms with Crippen molar-refractivity contribution in [3.8, 4) is 0 Å². The lowest BCUT2D eigenvalue weighted by molar-refractivity contribution is -0.202. The fourth-order valence-corrected chi connectivity index (χ4v) is 5.98. The molecule has 0 aliphatic heterocycles. The Labute approximate surface area is 179 Å². The van der Waals surface area contributed by atoms with Crippen LogP contribution in [0.4, 0.5) is 0 Å². The number of carbonyl (C=O) groups excluding carboxylic acids is 3. The first-order valence-electron chi connectivity index (χ1n) is 10.8. The highest BCUT2D eigenvalue weighted by Crippen LogP contribution is 2.72. The molecule has 3 aliphatic rings. The molecular weight excluding hydrogens is 380 g/mol. The van der Waals surface area contributed by atoms with Crippen LogP contribution >= 0.6 is 0 Å². The van der Waals surface area contributed by atoms with Gasteiger partial charge in [0.25, 0.3) is 0 Å². The van der Waals surface area contributed by atoms with Gasteiger partial charge >= 0.3 is 11.9 Å². The lowest BCUT2D eigenvalue weighted by Gasteiger charge is -2.65. The molecule has 0 radical (unpaired) electrons. The van der Waals surface area contributed by atoms with Crippen molar-refractivity contribution in [3.63, 3.8) is 0 Å². The van der Waals surface area contributed by atoms with E-state index in [1.165, 1.54) is 0 Å². The fourth-order valence-electron chi connectivity index (χ4n) is 5.98. The first-order chi connectivity index (χ1) is 13.9. The summed E-state index contributed by atoms with van der Waals surface area (Å²) in [4.78, 5) is 38.4. The highest BCUT2D eigenvalue weighted by molar-refractivity contribution is 5.97. The Morgan fingerprint density at radius 3 is 1.93 bits per heavy atom. The van der Waals surface area contributed by atoms with E-state index in [4.69, 9.17) is 9.47 Å². The topological polar surface area (TPSA) is 69.7 Å². The van der Waals surface area contributed by atoms with E-state index in [9.17, 15) is 14.4 Å². The molecule has 30 heavy (non-hydrogen) atoms. The Morgan fingerprint density at radius 1 is 0.967 bits per heavy atom. The minimum Gasteiger partial charge on any atom is -0.458 e. The summed E-state index contributed by atoms with van der Waals surface area (Å²) in [5, 5.41) is 0. The van der Waals surface area contributed by atoms with Gasteiger partial charge < -0.3 is 9.47 Å². The number of ketones is 1. The smallest absolute Gasteiger partial charge is 0.333 e. The second kappa shape index (κ2) is 7.51. The minimum atomic E-state index is -0.510. The molecule has 0 aromatic heterocycles. The van der Waals surface area contributed by atoms with Gasteiger partial charge in [-0.05, 0) is 52.5 Å². The highest BCUT2D eigenvalue weighted by Gasteiger charge is 2.74. The van der Waals surface area contributed by atoms with Crippen LogP contribution in [0, 0.1) is 28.6 Å². The lowest BCUT2D eigenvalue weighted by Crippen LogP contribution is -2.67. The maximum atomic E-state index is 13.1. The summed E-state index contributed by atoms with van der Waals surface area (Å²) in [6, 6.07) is 0. The predicted molar refractivity (Wildman–Crippen MR) is 114 cm³/mol. The van der Waals surface area contributed by atoms with Gasteiger partial charge in [-0.1, -0.05) is 38.5 Å². The Kier molecular flexibility index (Phi) is 5.63. The van der Waals surface area contributed by atoms with Gasteiger partial charge in [0.05, 0.1) is 0 Å². The molecule has 0 aromatic carbocycles. The largest absolute Gasteiger partial charge is 0.458 e. The van der Waals surface area contributed by atoms with Gasteiger partial charge in [-0.2, -0.15) is 0 Å². The summed E-state index contributed by atoms with van der Waals surface area (Å²) in [6.07, 6.45) is 4.62. The average Bonchev–Trinajstić information content (AvgIpc) is 2.78. The van der Waals surface area contributed by atoms with Gasteiger partial charge in [-0.25, -0.2) is 9.59 Å². The Hall–Kier alpha value is -2.17. The SMILES string of the molecule is C/C=C(/C)C(=O)O[C@@H]1C[C@@H](OC(=O)/C(C)=C/C)C(C)(C)[C@@H]2[C@H]3C(=O)C=C(C)[C@@H]2[C@]31C. The lowest BCUT2D eigenvalue weighted by atomic mass is 9.37. The van der Waals surface area contributed by atoms with Gasteiger partial charge in [-0.3, -0.25) is 4.79 Å². The summed E-state index contributed by atoms with van der Waals surface area (Å²) in [5.74, 6) is -0.722. The number of fused-ring (bicyclic) bond motifs is 1. The maximum Gasteiger partial charge on any atom is 0.333 e. The van der Waals surface area contributed by atoms with E-state index < -0.39 is 23.0 Å². The van der Waals surface area contributed by atoms with E-state index in [1.807, 2.05) is 6.92 Å². The van der Waals surface area contributed by atoms with Crippen LogP contribution in [-0.4, -0.2) is 29.9 Å². The third kappa shape index (κ3) is 3.09. The number of ether oxygens (including phenoxy) is 2. The second-order valence-electron chi connectivity index (χ2n) is 9.93. The van der Waals surface area contributed by atoms with Crippen LogP contribution < -0.4 is 0 Å². The van der Waals surface area contributed by atoms with Crippen LogP contribution in [0.5, 0.6) is 0 Å². The molecule has 6 atom stereocenters. The Morgan fingerprint density at radius 2 is 1.47 bits per heavy atom. The molecule has 0 unspecified atom stereocenters. The normalized spacial score (nSPS) is 37.5. The number of hydrogen-bond donors (Lipinski definition) is 0. The van der Waals surface area contributed by atoms with Crippen molar-refractivity contribution in [1.82, 2.24) is 0 Å². The molecule has 2 fully saturated rings. The molecule has 2 saturated carbocycles. The molecule has 5 heteroatoms. The maximum absolute atomic E-state index is 13.1. The van der Waals surface area contributed by atoms with Crippen molar-refractivity contribution < 1.29 is 23.9 Å². The van der Waals surface area contributed by atoms with Crippen molar-refractivity contribution in [2.45, 2.75) is 74.0 Å². The first-order valence-corrected chi connectivity index (χ1v) is 10.8. The minimum absolute atomic E-state index is 0.0511. The number of rotatable bonds is 4. The number of carbonyl (C=O) groups is 3. The van der Waals surface area contributed by atoms with Crippen molar-refractivity contribution >= 4 is 17.7 Å². The molecule has 0 aromatic rings. The molecule has 164 valence electrons. The zero-order valence-corrected chi connectivity index (χ0v) is 19.4. The Balaban J connectivity index is 2.06. The molecule has 5 nitrogen and oxygen atoms in total. The van der Waals surface area contributed by atoms with Crippen molar-refractivity contribution in [3.05, 3.63) is 34.9 Å². The van der Waals surface area contributed by atoms with Crippen molar-refractivity contribution in [1.29, 1.82) is 0 Å². The summed E-state index contributed by atoms with van der Waals surface area (Å²) in [5.41, 5.74) is 1.18. The predicted octanol–water partition coefficient (Wildman–Crippen LogP) is 4.57. The first kappa shape index (κ1) is 22.5. The second-order valence-corrected chi connectivity index (χ2v) is 9.93. The molecule has 0 heterocycles. The third-order valence-corrected chi connectivity index (χ3v) is 8.04. The number of hydrogen-bond acceptors (Lipinski definition) is 5. The van der Waals surface area contributed by atoms with Gasteiger partial charge in [0.1, 0.15) is 12.2 Å². The summed E-state index contributed by atoms with van der Waals surface area (Å²) in [7, 11) is 0. The van der Waals surface area contributed by atoms with Crippen LogP contribution in [0.1, 0.15) is 61.8 Å². The quantitative estimate of drug-likeness (QED) is 0.498. The molecule has 4 bridgehead atoms. The van der Waals surface area contributed by atoms with Crippen LogP contribution in [0.2, 0.25) is 0 Å². The zero-order chi connectivity index (χ0) is 22.6. The number of allylic oxidation sites excluding steroid dienone is 4. The molecule has 0 spiro atoms. The fraction of sp³-hybridized carbons (Fsp3) is 0.640. The highest BCUT2D eigenvalue weighted by atomic mass is 16.6. The van der Waals surface area contributed by atoms with Crippen molar-refractivity contribution in [2.24, 2.45) is 28.6 Å². The van der Waals surface area contributed by atoms with Crippen LogP contribution in [0.15, 0.2) is 34.9 Å². The van der Waals surface area contributed by atoms with Gasteiger partial charge in [0.15, 0.2) is 5.78 Å². The average molecular weight is 415 g/mol. The van der Waals surface area contributed by atoms with E-state index in [0.29, 0.717) is 17.6 Å². The molecule has 3 rings (SSSR count). The molecule has 3 aliphatic carbocycles.